The van der Waals surface area contributed by atoms with E-state index in [4.69, 9.17) is 0 Å². The van der Waals surface area contributed by atoms with Crippen molar-refractivity contribution in [3.05, 3.63) is 64.6 Å². The van der Waals surface area contributed by atoms with E-state index in [9.17, 15) is 13.2 Å². The SMILES string of the molecule is COC(=O)C=Cc1cccc(S(=O)(=O)Nc2cccc(Br)c2)c1. The molecule has 0 saturated heterocycles. The Kier molecular flexibility index (Phi) is 5.57. The number of benzene rings is 2. The number of halogens is 1. The van der Waals surface area contributed by atoms with Crippen LogP contribution in [-0.4, -0.2) is 21.5 Å². The smallest absolute Gasteiger partial charge is 0.330 e. The average molecular weight is 396 g/mol. The van der Waals surface area contributed by atoms with Crippen LogP contribution in [0.25, 0.3) is 6.08 Å². The molecule has 0 aromatic heterocycles. The highest BCUT2D eigenvalue weighted by atomic mass is 79.9. The van der Waals surface area contributed by atoms with Gasteiger partial charge >= 0.3 is 5.97 Å². The van der Waals surface area contributed by atoms with Crippen LogP contribution in [-0.2, 0) is 19.6 Å². The summed E-state index contributed by atoms with van der Waals surface area (Å²) >= 11 is 3.29. The van der Waals surface area contributed by atoms with Gasteiger partial charge in [0.25, 0.3) is 10.0 Å². The minimum absolute atomic E-state index is 0.101. The molecule has 0 saturated carbocycles. The first-order valence-corrected chi connectivity index (χ1v) is 8.83. The van der Waals surface area contributed by atoms with Crippen LogP contribution in [0.2, 0.25) is 0 Å². The summed E-state index contributed by atoms with van der Waals surface area (Å²) < 4.78 is 32.6. The second kappa shape index (κ2) is 7.43. The van der Waals surface area contributed by atoms with Crippen molar-refractivity contribution in [1.82, 2.24) is 0 Å². The Hall–Kier alpha value is -2.12. The number of ether oxygens (including phenoxy) is 1. The van der Waals surface area contributed by atoms with Crippen molar-refractivity contribution in [3.63, 3.8) is 0 Å². The quantitative estimate of drug-likeness (QED) is 0.621. The van der Waals surface area contributed by atoms with E-state index in [-0.39, 0.29) is 4.90 Å². The Balaban J connectivity index is 2.26. The van der Waals surface area contributed by atoms with E-state index in [0.717, 1.165) is 4.47 Å². The van der Waals surface area contributed by atoms with E-state index < -0.39 is 16.0 Å². The molecule has 0 unspecified atom stereocenters. The molecule has 0 fully saturated rings. The van der Waals surface area contributed by atoms with Crippen molar-refractivity contribution in [2.45, 2.75) is 4.90 Å². The molecule has 120 valence electrons. The van der Waals surface area contributed by atoms with E-state index in [2.05, 4.69) is 25.4 Å². The fourth-order valence-corrected chi connectivity index (χ4v) is 3.29. The van der Waals surface area contributed by atoms with Gasteiger partial charge in [0.15, 0.2) is 0 Å². The lowest BCUT2D eigenvalue weighted by atomic mass is 10.2. The highest BCUT2D eigenvalue weighted by Crippen LogP contribution is 2.20. The molecule has 0 atom stereocenters. The molecule has 0 aliphatic carbocycles. The number of hydrogen-bond donors (Lipinski definition) is 1. The largest absolute Gasteiger partial charge is 0.466 e. The van der Waals surface area contributed by atoms with Gasteiger partial charge < -0.3 is 4.74 Å². The van der Waals surface area contributed by atoms with Gasteiger partial charge in [-0.3, -0.25) is 4.72 Å². The number of esters is 1. The van der Waals surface area contributed by atoms with Crippen LogP contribution in [0.5, 0.6) is 0 Å². The molecule has 7 heteroatoms. The summed E-state index contributed by atoms with van der Waals surface area (Å²) in [4.78, 5) is 11.2. The van der Waals surface area contributed by atoms with Crippen LogP contribution in [0, 0.1) is 0 Å². The summed E-state index contributed by atoms with van der Waals surface area (Å²) in [5, 5.41) is 0. The summed E-state index contributed by atoms with van der Waals surface area (Å²) in [5.41, 5.74) is 1.03. The molecule has 0 bridgehead atoms. The minimum Gasteiger partial charge on any atom is -0.466 e. The molecule has 5 nitrogen and oxygen atoms in total. The Morgan fingerprint density at radius 3 is 2.61 bits per heavy atom. The normalized spacial score (nSPS) is 11.4. The fraction of sp³-hybridized carbons (Fsp3) is 0.0625. The molecule has 2 aromatic rings. The average Bonchev–Trinajstić information content (AvgIpc) is 2.52. The number of carbonyl (C=O) groups excluding carboxylic acids is 1. The van der Waals surface area contributed by atoms with E-state index in [1.165, 1.54) is 31.4 Å². The van der Waals surface area contributed by atoms with Crippen molar-refractivity contribution in [2.24, 2.45) is 0 Å². The Morgan fingerprint density at radius 2 is 1.91 bits per heavy atom. The minimum atomic E-state index is -3.72. The zero-order chi connectivity index (χ0) is 16.9. The van der Waals surface area contributed by atoms with Crippen LogP contribution >= 0.6 is 15.9 Å². The molecule has 0 aliphatic rings. The molecular weight excluding hydrogens is 382 g/mol. The topological polar surface area (TPSA) is 72.5 Å². The predicted octanol–water partition coefficient (Wildman–Crippen LogP) is 3.44. The maximum Gasteiger partial charge on any atom is 0.330 e. The number of anilines is 1. The second-order valence-electron chi connectivity index (χ2n) is 4.54. The molecule has 0 spiro atoms. The van der Waals surface area contributed by atoms with Gasteiger partial charge in [-0.25, -0.2) is 13.2 Å². The van der Waals surface area contributed by atoms with Crippen molar-refractivity contribution in [2.75, 3.05) is 11.8 Å². The highest BCUT2D eigenvalue weighted by molar-refractivity contribution is 9.10. The number of nitrogens with one attached hydrogen (secondary N) is 1. The number of hydrogen-bond acceptors (Lipinski definition) is 4. The predicted molar refractivity (Wildman–Crippen MR) is 92.4 cm³/mol. The van der Waals surface area contributed by atoms with E-state index >= 15 is 0 Å². The summed E-state index contributed by atoms with van der Waals surface area (Å²) in [5.74, 6) is -0.509. The van der Waals surface area contributed by atoms with Crippen LogP contribution in [0.15, 0.2) is 64.0 Å². The summed E-state index contributed by atoms with van der Waals surface area (Å²) in [7, 11) is -2.44. The molecular formula is C16H14BrNO4S. The molecule has 0 heterocycles. The van der Waals surface area contributed by atoms with Crippen molar-refractivity contribution < 1.29 is 17.9 Å². The van der Waals surface area contributed by atoms with Crippen LogP contribution in [0.1, 0.15) is 5.56 Å². The summed E-state index contributed by atoms with van der Waals surface area (Å²) in [6.07, 6.45) is 2.72. The van der Waals surface area contributed by atoms with Gasteiger partial charge in [0, 0.05) is 16.2 Å². The van der Waals surface area contributed by atoms with Gasteiger partial charge in [-0.2, -0.15) is 0 Å². The molecule has 23 heavy (non-hydrogen) atoms. The summed E-state index contributed by atoms with van der Waals surface area (Å²) in [6.45, 7) is 0. The van der Waals surface area contributed by atoms with Crippen LogP contribution in [0.4, 0.5) is 5.69 Å². The third-order valence-corrected chi connectivity index (χ3v) is 4.73. The van der Waals surface area contributed by atoms with Crippen LogP contribution in [0.3, 0.4) is 0 Å². The van der Waals surface area contributed by atoms with Gasteiger partial charge in [0.2, 0.25) is 0 Å². The standard InChI is InChI=1S/C16H14BrNO4S/c1-22-16(19)9-8-12-4-2-7-15(10-12)23(20,21)18-14-6-3-5-13(17)11-14/h2-11,18H,1H3. The highest BCUT2D eigenvalue weighted by Gasteiger charge is 2.14. The molecule has 0 aliphatic heterocycles. The lowest BCUT2D eigenvalue weighted by Gasteiger charge is -2.09. The number of carbonyl (C=O) groups is 1. The fourth-order valence-electron chi connectivity index (χ4n) is 1.78. The first-order valence-electron chi connectivity index (χ1n) is 6.55. The zero-order valence-electron chi connectivity index (χ0n) is 12.2. The van der Waals surface area contributed by atoms with Crippen LogP contribution < -0.4 is 4.72 Å². The zero-order valence-corrected chi connectivity index (χ0v) is 14.6. The first kappa shape index (κ1) is 17.2. The van der Waals surface area contributed by atoms with E-state index in [1.807, 2.05) is 0 Å². The Morgan fingerprint density at radius 1 is 1.17 bits per heavy atom. The monoisotopic (exact) mass is 395 g/mol. The Labute approximate surface area is 143 Å². The second-order valence-corrected chi connectivity index (χ2v) is 7.14. The lowest BCUT2D eigenvalue weighted by molar-refractivity contribution is -0.134. The van der Waals surface area contributed by atoms with Gasteiger partial charge in [0.1, 0.15) is 0 Å². The van der Waals surface area contributed by atoms with Crippen molar-refractivity contribution in [3.8, 4) is 0 Å². The Bertz CT molecular complexity index is 847. The third-order valence-electron chi connectivity index (χ3n) is 2.86. The van der Waals surface area contributed by atoms with Gasteiger partial charge in [0.05, 0.1) is 12.0 Å². The van der Waals surface area contributed by atoms with Gasteiger partial charge in [-0.15, -0.1) is 0 Å². The third kappa shape index (κ3) is 4.94. The van der Waals surface area contributed by atoms with E-state index in [1.54, 1.807) is 36.4 Å². The maximum absolute atomic E-state index is 12.4. The number of sulfonamides is 1. The van der Waals surface area contributed by atoms with Gasteiger partial charge in [-0.05, 0) is 42.0 Å². The van der Waals surface area contributed by atoms with Crippen molar-refractivity contribution >= 4 is 43.7 Å². The molecule has 0 radical (unpaired) electrons. The van der Waals surface area contributed by atoms with E-state index in [0.29, 0.717) is 11.3 Å². The molecule has 0 amide bonds. The van der Waals surface area contributed by atoms with Crippen molar-refractivity contribution in [1.29, 1.82) is 0 Å². The molecule has 2 aromatic carbocycles. The number of rotatable bonds is 5. The first-order chi connectivity index (χ1) is 10.9. The lowest BCUT2D eigenvalue weighted by Crippen LogP contribution is -2.12. The van der Waals surface area contributed by atoms with Gasteiger partial charge in [-0.1, -0.05) is 34.1 Å². The maximum atomic E-state index is 12.4. The number of methoxy groups -OCH3 is 1. The summed E-state index contributed by atoms with van der Waals surface area (Å²) in [6, 6.07) is 13.1. The molecule has 1 N–H and O–H groups in total. The molecule has 2 rings (SSSR count).